The maximum atomic E-state index is 12.8. The minimum absolute atomic E-state index is 0.0125. The van der Waals surface area contributed by atoms with E-state index >= 15 is 0 Å². The van der Waals surface area contributed by atoms with Gasteiger partial charge < -0.3 is 14.8 Å². The number of fused-ring (bicyclic) bond motifs is 1. The molecule has 0 aliphatic carbocycles. The van der Waals surface area contributed by atoms with Gasteiger partial charge in [-0.25, -0.2) is 4.39 Å². The van der Waals surface area contributed by atoms with Gasteiger partial charge in [0.2, 0.25) is 5.91 Å². The highest BCUT2D eigenvalue weighted by Gasteiger charge is 2.29. The number of amides is 1. The third kappa shape index (κ3) is 4.73. The smallest absolute Gasteiger partial charge is 0.307 e. The summed E-state index contributed by atoms with van der Waals surface area (Å²) in [5.74, 6) is -0.516. The molecule has 3 rings (SSSR count). The number of esters is 1. The highest BCUT2D eigenvalue weighted by molar-refractivity contribution is 8.01. The van der Waals surface area contributed by atoms with Gasteiger partial charge in [-0.3, -0.25) is 9.59 Å². The molecule has 1 aliphatic rings. The zero-order valence-electron chi connectivity index (χ0n) is 13.2. The van der Waals surface area contributed by atoms with Crippen LogP contribution in [0, 0.1) is 5.82 Å². The number of carbonyl (C=O) groups is 2. The van der Waals surface area contributed by atoms with Crippen LogP contribution < -0.4 is 10.1 Å². The maximum absolute atomic E-state index is 12.8. The van der Waals surface area contributed by atoms with Crippen LogP contribution in [0.4, 0.5) is 10.1 Å². The van der Waals surface area contributed by atoms with Crippen molar-refractivity contribution < 1.29 is 23.5 Å². The van der Waals surface area contributed by atoms with Crippen molar-refractivity contribution in [3.05, 3.63) is 54.3 Å². The zero-order valence-corrected chi connectivity index (χ0v) is 14.1. The summed E-state index contributed by atoms with van der Waals surface area (Å²) in [5.41, 5.74) is 0.759. The molecule has 1 aliphatic heterocycles. The molecule has 0 radical (unpaired) electrons. The molecule has 5 nitrogen and oxygen atoms in total. The molecule has 2 aromatic rings. The summed E-state index contributed by atoms with van der Waals surface area (Å²) in [4.78, 5) is 24.9. The Bertz CT molecular complexity index is 766. The Kier molecular flexibility index (Phi) is 5.55. The monoisotopic (exact) mass is 361 g/mol. The molecule has 1 amide bonds. The quantitative estimate of drug-likeness (QED) is 0.632. The second kappa shape index (κ2) is 8.02. The Balaban J connectivity index is 1.42. The van der Waals surface area contributed by atoms with Crippen molar-refractivity contribution in [2.24, 2.45) is 0 Å². The second-order valence-electron chi connectivity index (χ2n) is 5.32. The van der Waals surface area contributed by atoms with Crippen molar-refractivity contribution in [2.75, 3.05) is 18.5 Å². The Hall–Kier alpha value is -2.54. The number of nitrogens with one attached hydrogen (secondary N) is 1. The molecule has 1 N–H and O–H groups in total. The van der Waals surface area contributed by atoms with Crippen molar-refractivity contribution >= 4 is 29.3 Å². The zero-order chi connectivity index (χ0) is 17.6. The van der Waals surface area contributed by atoms with E-state index in [4.69, 9.17) is 9.47 Å². The minimum Gasteiger partial charge on any atom is -0.490 e. The van der Waals surface area contributed by atoms with Crippen LogP contribution in [0.25, 0.3) is 0 Å². The molecule has 1 atom stereocenters. The van der Waals surface area contributed by atoms with Gasteiger partial charge in [-0.15, -0.1) is 11.8 Å². The van der Waals surface area contributed by atoms with E-state index in [-0.39, 0.29) is 31.4 Å². The topological polar surface area (TPSA) is 64.6 Å². The van der Waals surface area contributed by atoms with Gasteiger partial charge in [0.15, 0.2) is 0 Å². The van der Waals surface area contributed by atoms with Gasteiger partial charge >= 0.3 is 5.97 Å². The summed E-state index contributed by atoms with van der Waals surface area (Å²) in [7, 11) is 0. The lowest BCUT2D eigenvalue weighted by Gasteiger charge is -2.23. The predicted molar refractivity (Wildman–Crippen MR) is 92.2 cm³/mol. The highest BCUT2D eigenvalue weighted by Crippen LogP contribution is 2.36. The number of thioether (sulfide) groups is 1. The van der Waals surface area contributed by atoms with Gasteiger partial charge in [0.25, 0.3) is 0 Å². The SMILES string of the molecule is O=C(C[C@H]1Sc2ccccc2NC1=O)OCCOc1ccc(F)cc1. The van der Waals surface area contributed by atoms with Crippen molar-refractivity contribution in [3.8, 4) is 5.75 Å². The normalized spacial score (nSPS) is 15.9. The molecule has 0 aromatic heterocycles. The van der Waals surface area contributed by atoms with Gasteiger partial charge in [-0.2, -0.15) is 0 Å². The summed E-state index contributed by atoms with van der Waals surface area (Å²) in [6.07, 6.45) is -0.0125. The van der Waals surface area contributed by atoms with Crippen LogP contribution in [-0.4, -0.2) is 30.3 Å². The van der Waals surface area contributed by atoms with Crippen LogP contribution in [0.2, 0.25) is 0 Å². The molecule has 0 saturated heterocycles. The summed E-state index contributed by atoms with van der Waals surface area (Å²) in [6, 6.07) is 13.0. The number of anilines is 1. The molecule has 7 heteroatoms. The first-order chi connectivity index (χ1) is 12.1. The fourth-order valence-corrected chi connectivity index (χ4v) is 3.38. The van der Waals surface area contributed by atoms with E-state index in [1.165, 1.54) is 36.0 Å². The average Bonchev–Trinajstić information content (AvgIpc) is 2.61. The maximum Gasteiger partial charge on any atom is 0.307 e. The van der Waals surface area contributed by atoms with E-state index < -0.39 is 11.2 Å². The van der Waals surface area contributed by atoms with E-state index in [1.807, 2.05) is 24.3 Å². The fourth-order valence-electron chi connectivity index (χ4n) is 2.28. The van der Waals surface area contributed by atoms with E-state index in [1.54, 1.807) is 0 Å². The Morgan fingerprint density at radius 1 is 1.12 bits per heavy atom. The first-order valence-corrected chi connectivity index (χ1v) is 8.60. The molecular formula is C18H16FNO4S. The minimum atomic E-state index is -0.514. The van der Waals surface area contributed by atoms with Crippen LogP contribution in [0.5, 0.6) is 5.75 Å². The van der Waals surface area contributed by atoms with Gasteiger partial charge in [0.1, 0.15) is 24.8 Å². The molecule has 0 saturated carbocycles. The van der Waals surface area contributed by atoms with Gasteiger partial charge in [-0.05, 0) is 36.4 Å². The Morgan fingerprint density at radius 3 is 2.68 bits per heavy atom. The van der Waals surface area contributed by atoms with Crippen molar-refractivity contribution in [1.82, 2.24) is 0 Å². The lowest BCUT2D eigenvalue weighted by Crippen LogP contribution is -2.31. The molecule has 25 heavy (non-hydrogen) atoms. The third-order valence-electron chi connectivity index (χ3n) is 3.49. The summed E-state index contributed by atoms with van der Waals surface area (Å²) < 4.78 is 23.2. The molecule has 0 bridgehead atoms. The number of ether oxygens (including phenoxy) is 2. The second-order valence-corrected chi connectivity index (χ2v) is 6.56. The van der Waals surface area contributed by atoms with Crippen LogP contribution in [-0.2, 0) is 14.3 Å². The molecule has 0 spiro atoms. The largest absolute Gasteiger partial charge is 0.490 e. The van der Waals surface area contributed by atoms with Crippen molar-refractivity contribution in [1.29, 1.82) is 0 Å². The summed E-state index contributed by atoms with van der Waals surface area (Å²) in [6.45, 7) is 0.218. The van der Waals surface area contributed by atoms with Gasteiger partial charge in [-0.1, -0.05) is 12.1 Å². The lowest BCUT2D eigenvalue weighted by atomic mass is 10.2. The number of benzene rings is 2. The number of rotatable bonds is 6. The average molecular weight is 361 g/mol. The van der Waals surface area contributed by atoms with Crippen LogP contribution >= 0.6 is 11.8 Å². The molecule has 2 aromatic carbocycles. The first kappa shape index (κ1) is 17.3. The van der Waals surface area contributed by atoms with Crippen LogP contribution in [0.1, 0.15) is 6.42 Å². The van der Waals surface area contributed by atoms with Crippen molar-refractivity contribution in [3.63, 3.8) is 0 Å². The number of hydrogen-bond donors (Lipinski definition) is 1. The third-order valence-corrected chi connectivity index (χ3v) is 4.76. The number of halogens is 1. The number of para-hydroxylation sites is 1. The van der Waals surface area contributed by atoms with E-state index in [0.717, 1.165) is 10.6 Å². The van der Waals surface area contributed by atoms with Gasteiger partial charge in [0, 0.05) is 4.90 Å². The lowest BCUT2D eigenvalue weighted by molar-refractivity contribution is -0.145. The van der Waals surface area contributed by atoms with E-state index in [0.29, 0.717) is 5.75 Å². The molecular weight excluding hydrogens is 345 g/mol. The fraction of sp³-hybridized carbons (Fsp3) is 0.222. The predicted octanol–water partition coefficient (Wildman–Crippen LogP) is 3.25. The van der Waals surface area contributed by atoms with E-state index in [9.17, 15) is 14.0 Å². The highest BCUT2D eigenvalue weighted by atomic mass is 32.2. The van der Waals surface area contributed by atoms with E-state index in [2.05, 4.69) is 5.32 Å². The Labute approximate surface area is 148 Å². The summed E-state index contributed by atoms with van der Waals surface area (Å²) >= 11 is 1.35. The van der Waals surface area contributed by atoms with Gasteiger partial charge in [0.05, 0.1) is 17.4 Å². The van der Waals surface area contributed by atoms with Crippen LogP contribution in [0.3, 0.4) is 0 Å². The first-order valence-electron chi connectivity index (χ1n) is 7.72. The standard InChI is InChI=1S/C18H16FNO4S/c19-12-5-7-13(8-6-12)23-9-10-24-17(21)11-16-18(22)20-14-3-1-2-4-15(14)25-16/h1-8,16H,9-11H2,(H,20,22)/t16-/m1/s1. The molecule has 0 fully saturated rings. The molecule has 1 heterocycles. The number of carbonyl (C=O) groups excluding carboxylic acids is 2. The number of hydrogen-bond acceptors (Lipinski definition) is 5. The molecule has 0 unspecified atom stereocenters. The summed E-state index contributed by atoms with van der Waals surface area (Å²) in [5, 5.41) is 2.27. The van der Waals surface area contributed by atoms with Crippen LogP contribution in [0.15, 0.2) is 53.4 Å². The van der Waals surface area contributed by atoms with Crippen molar-refractivity contribution in [2.45, 2.75) is 16.6 Å². The Morgan fingerprint density at radius 2 is 1.88 bits per heavy atom. The molecule has 130 valence electrons.